The number of rotatable bonds is 6. The number of carbonyl (C=O) groups excluding carboxylic acids is 3. The summed E-state index contributed by atoms with van der Waals surface area (Å²) in [5.74, 6) is -0.466. The zero-order chi connectivity index (χ0) is 18.8. The van der Waals surface area contributed by atoms with Gasteiger partial charge in [-0.2, -0.15) is 0 Å². The van der Waals surface area contributed by atoms with Gasteiger partial charge in [0.05, 0.1) is 7.11 Å². The second-order valence-corrected chi connectivity index (χ2v) is 6.02. The van der Waals surface area contributed by atoms with Crippen molar-refractivity contribution in [3.05, 3.63) is 29.8 Å². The predicted octanol–water partition coefficient (Wildman–Crippen LogP) is 0.875. The third kappa shape index (κ3) is 6.36. The predicted molar refractivity (Wildman–Crippen MR) is 94.5 cm³/mol. The van der Waals surface area contributed by atoms with E-state index in [0.29, 0.717) is 11.3 Å². The number of benzene rings is 1. The molecule has 0 bridgehead atoms. The van der Waals surface area contributed by atoms with Gasteiger partial charge in [-0.15, -0.1) is 0 Å². The van der Waals surface area contributed by atoms with E-state index in [1.54, 1.807) is 29.2 Å². The average Bonchev–Trinajstić information content (AvgIpc) is 2.95. The number of likely N-dealkylation sites (tertiary alicyclic amines) is 1. The van der Waals surface area contributed by atoms with Crippen LogP contribution in [0.5, 0.6) is 5.75 Å². The van der Waals surface area contributed by atoms with Crippen LogP contribution in [-0.2, 0) is 14.3 Å². The van der Waals surface area contributed by atoms with E-state index >= 15 is 0 Å². The summed E-state index contributed by atoms with van der Waals surface area (Å²) in [6.45, 7) is 1.04. The maximum Gasteiger partial charge on any atom is 0.269 e. The molecule has 0 radical (unpaired) electrons. The highest BCUT2D eigenvalue weighted by Crippen LogP contribution is 2.11. The van der Waals surface area contributed by atoms with E-state index < -0.39 is 11.8 Å². The van der Waals surface area contributed by atoms with Crippen molar-refractivity contribution in [2.24, 2.45) is 0 Å². The van der Waals surface area contributed by atoms with Gasteiger partial charge in [-0.1, -0.05) is 12.8 Å². The highest BCUT2D eigenvalue weighted by Gasteiger charge is 2.16. The van der Waals surface area contributed by atoms with Crippen LogP contribution in [0.25, 0.3) is 0 Å². The molecule has 0 aromatic heterocycles. The molecule has 1 fully saturated rings. The van der Waals surface area contributed by atoms with Gasteiger partial charge in [-0.3, -0.25) is 25.2 Å². The number of ether oxygens (including phenoxy) is 2. The Bertz CT molecular complexity index is 610. The monoisotopic (exact) mass is 363 g/mol. The number of amides is 3. The van der Waals surface area contributed by atoms with Crippen molar-refractivity contribution < 1.29 is 23.9 Å². The molecule has 1 aromatic carbocycles. The van der Waals surface area contributed by atoms with Crippen molar-refractivity contribution in [2.45, 2.75) is 25.7 Å². The fourth-order valence-electron chi connectivity index (χ4n) is 2.62. The molecule has 0 aliphatic carbocycles. The molecule has 1 saturated heterocycles. The Morgan fingerprint density at radius 2 is 1.62 bits per heavy atom. The highest BCUT2D eigenvalue weighted by molar-refractivity contribution is 5.95. The van der Waals surface area contributed by atoms with Crippen molar-refractivity contribution in [2.75, 3.05) is 33.4 Å². The number of carbonyl (C=O) groups is 3. The number of hydrazine groups is 1. The maximum atomic E-state index is 12.0. The van der Waals surface area contributed by atoms with E-state index in [9.17, 15) is 14.4 Å². The first-order valence-corrected chi connectivity index (χ1v) is 8.69. The summed E-state index contributed by atoms with van der Waals surface area (Å²) in [5, 5.41) is 0. The van der Waals surface area contributed by atoms with Crippen LogP contribution < -0.4 is 15.6 Å². The molecule has 2 N–H and O–H groups in total. The number of hydrogen-bond donors (Lipinski definition) is 2. The Hall–Kier alpha value is -2.61. The lowest BCUT2D eigenvalue weighted by Gasteiger charge is -2.20. The Balaban J connectivity index is 1.64. The minimum Gasteiger partial charge on any atom is -0.497 e. The molecule has 0 unspecified atom stereocenters. The van der Waals surface area contributed by atoms with E-state index in [-0.39, 0.29) is 19.1 Å². The zero-order valence-electron chi connectivity index (χ0n) is 15.0. The van der Waals surface area contributed by atoms with Crippen molar-refractivity contribution in [1.29, 1.82) is 0 Å². The largest absolute Gasteiger partial charge is 0.497 e. The standard InChI is InChI=1S/C18H25N3O5/c1-25-15-8-6-14(7-9-15)18(24)20-19-16(22)12-26-13-17(23)21-10-4-2-3-5-11-21/h6-9H,2-5,10-13H2,1H3,(H,19,22)(H,20,24). The van der Waals surface area contributed by atoms with Gasteiger partial charge < -0.3 is 14.4 Å². The average molecular weight is 363 g/mol. The molecule has 1 aliphatic rings. The summed E-state index contributed by atoms with van der Waals surface area (Å²) < 4.78 is 10.2. The van der Waals surface area contributed by atoms with Crippen molar-refractivity contribution in [1.82, 2.24) is 15.8 Å². The van der Waals surface area contributed by atoms with Gasteiger partial charge in [-0.25, -0.2) is 0 Å². The summed E-state index contributed by atoms with van der Waals surface area (Å²) in [6.07, 6.45) is 4.29. The first-order chi connectivity index (χ1) is 12.6. The van der Waals surface area contributed by atoms with Crippen molar-refractivity contribution in [3.63, 3.8) is 0 Å². The van der Waals surface area contributed by atoms with Gasteiger partial charge in [0.25, 0.3) is 11.8 Å². The van der Waals surface area contributed by atoms with Gasteiger partial charge in [0, 0.05) is 18.7 Å². The van der Waals surface area contributed by atoms with Crippen LogP contribution in [0.3, 0.4) is 0 Å². The topological polar surface area (TPSA) is 97.0 Å². The molecule has 1 heterocycles. The van der Waals surface area contributed by atoms with E-state index in [2.05, 4.69) is 10.9 Å². The lowest BCUT2D eigenvalue weighted by molar-refractivity contribution is -0.138. The molecule has 2 rings (SSSR count). The van der Waals surface area contributed by atoms with Crippen LogP contribution in [0.4, 0.5) is 0 Å². The Morgan fingerprint density at radius 3 is 2.23 bits per heavy atom. The van der Waals surface area contributed by atoms with E-state index in [1.165, 1.54) is 7.11 Å². The Morgan fingerprint density at radius 1 is 0.962 bits per heavy atom. The zero-order valence-corrected chi connectivity index (χ0v) is 15.0. The molecular formula is C18H25N3O5. The molecule has 0 spiro atoms. The summed E-state index contributed by atoms with van der Waals surface area (Å²) in [7, 11) is 1.53. The van der Waals surface area contributed by atoms with Crippen LogP contribution in [0.1, 0.15) is 36.0 Å². The summed E-state index contributed by atoms with van der Waals surface area (Å²) in [4.78, 5) is 37.4. The van der Waals surface area contributed by atoms with E-state index in [0.717, 1.165) is 38.8 Å². The highest BCUT2D eigenvalue weighted by atomic mass is 16.5. The molecule has 1 aliphatic heterocycles. The lowest BCUT2D eigenvalue weighted by Crippen LogP contribution is -2.44. The molecule has 1 aromatic rings. The van der Waals surface area contributed by atoms with Crippen molar-refractivity contribution >= 4 is 17.7 Å². The molecule has 0 saturated carbocycles. The quantitative estimate of drug-likeness (QED) is 0.731. The second kappa shape index (κ2) is 10.4. The molecule has 142 valence electrons. The van der Waals surface area contributed by atoms with Crippen LogP contribution in [0, 0.1) is 0 Å². The Kier molecular flexibility index (Phi) is 7.88. The van der Waals surface area contributed by atoms with Crippen LogP contribution >= 0.6 is 0 Å². The number of methoxy groups -OCH3 is 1. The fourth-order valence-corrected chi connectivity index (χ4v) is 2.62. The van der Waals surface area contributed by atoms with Gasteiger partial charge in [-0.05, 0) is 37.1 Å². The molecule has 8 heteroatoms. The fraction of sp³-hybridized carbons (Fsp3) is 0.500. The number of nitrogens with one attached hydrogen (secondary N) is 2. The lowest BCUT2D eigenvalue weighted by atomic mass is 10.2. The van der Waals surface area contributed by atoms with Crippen LogP contribution in [-0.4, -0.2) is 56.0 Å². The normalized spacial score (nSPS) is 14.3. The number of nitrogens with zero attached hydrogens (tertiary/aromatic N) is 1. The van der Waals surface area contributed by atoms with Gasteiger partial charge in [0.2, 0.25) is 5.91 Å². The van der Waals surface area contributed by atoms with Gasteiger partial charge in [0.15, 0.2) is 0 Å². The third-order valence-corrected chi connectivity index (χ3v) is 4.09. The second-order valence-electron chi connectivity index (χ2n) is 6.02. The summed E-state index contributed by atoms with van der Waals surface area (Å²) in [6, 6.07) is 6.45. The van der Waals surface area contributed by atoms with Crippen LogP contribution in [0.15, 0.2) is 24.3 Å². The van der Waals surface area contributed by atoms with Crippen LogP contribution in [0.2, 0.25) is 0 Å². The maximum absolute atomic E-state index is 12.0. The first-order valence-electron chi connectivity index (χ1n) is 8.69. The number of hydrogen-bond acceptors (Lipinski definition) is 5. The van der Waals surface area contributed by atoms with Gasteiger partial charge in [0.1, 0.15) is 19.0 Å². The SMILES string of the molecule is COc1ccc(C(=O)NNC(=O)COCC(=O)N2CCCCCC2)cc1. The molecule has 0 atom stereocenters. The minimum atomic E-state index is -0.532. The Labute approximate surface area is 152 Å². The molecule has 26 heavy (non-hydrogen) atoms. The van der Waals surface area contributed by atoms with E-state index in [1.807, 2.05) is 0 Å². The molecular weight excluding hydrogens is 338 g/mol. The molecule has 3 amide bonds. The van der Waals surface area contributed by atoms with E-state index in [4.69, 9.17) is 9.47 Å². The van der Waals surface area contributed by atoms with Gasteiger partial charge >= 0.3 is 0 Å². The third-order valence-electron chi connectivity index (χ3n) is 4.09. The first kappa shape index (κ1) is 19.7. The minimum absolute atomic E-state index is 0.109. The summed E-state index contributed by atoms with van der Waals surface area (Å²) in [5.41, 5.74) is 4.92. The molecule has 8 nitrogen and oxygen atoms in total. The smallest absolute Gasteiger partial charge is 0.269 e. The summed E-state index contributed by atoms with van der Waals surface area (Å²) >= 11 is 0. The van der Waals surface area contributed by atoms with Crippen molar-refractivity contribution in [3.8, 4) is 5.75 Å².